The second kappa shape index (κ2) is 5.68. The number of hydrogen-bond acceptors (Lipinski definition) is 3. The Morgan fingerprint density at radius 1 is 1.10 bits per heavy atom. The maximum Gasteiger partial charge on any atom is 0.110 e. The van der Waals surface area contributed by atoms with E-state index in [1.165, 1.54) is 17.9 Å². The highest BCUT2D eigenvalue weighted by molar-refractivity contribution is 5.92. The molecule has 2 saturated heterocycles. The Morgan fingerprint density at radius 2 is 1.81 bits per heavy atom. The van der Waals surface area contributed by atoms with Crippen LogP contribution in [0.2, 0.25) is 0 Å². The van der Waals surface area contributed by atoms with Gasteiger partial charge in [-0.15, -0.1) is 0 Å². The second-order valence-electron chi connectivity index (χ2n) is 6.58. The summed E-state index contributed by atoms with van der Waals surface area (Å²) in [4.78, 5) is 9.69. The lowest BCUT2D eigenvalue weighted by atomic mass is 9.91. The Morgan fingerprint density at radius 3 is 2.48 bits per heavy atom. The zero-order chi connectivity index (χ0) is 14.9. The van der Waals surface area contributed by atoms with E-state index in [-0.39, 0.29) is 5.41 Å². The number of hydrogen-bond donors (Lipinski definition) is 0. The third-order valence-electron chi connectivity index (χ3n) is 4.50. The van der Waals surface area contributed by atoms with Crippen LogP contribution in [0, 0.1) is 5.41 Å². The molecule has 1 aromatic rings. The standard InChI is InChI=1S/C17H25N3O/c1-17(2)8-9-19(3)16(17)18-14-6-4-5-7-15(14)20-10-12-21-13-11-20/h4-7H,8-13H2,1-3H3. The number of ether oxygens (including phenoxy) is 1. The third kappa shape index (κ3) is 2.91. The molecule has 3 rings (SSSR count). The van der Waals surface area contributed by atoms with Crippen LogP contribution in [0.15, 0.2) is 29.3 Å². The first-order valence-corrected chi connectivity index (χ1v) is 7.80. The Bertz CT molecular complexity index is 533. The molecule has 1 aromatic carbocycles. The number of nitrogens with zero attached hydrogens (tertiary/aromatic N) is 3. The first-order chi connectivity index (χ1) is 10.1. The highest BCUT2D eigenvalue weighted by Gasteiger charge is 2.34. The van der Waals surface area contributed by atoms with Gasteiger partial charge in [-0.1, -0.05) is 26.0 Å². The number of morpholine rings is 1. The number of para-hydroxylation sites is 2. The summed E-state index contributed by atoms with van der Waals surface area (Å²) in [5.41, 5.74) is 2.47. The molecule has 2 aliphatic heterocycles. The summed E-state index contributed by atoms with van der Waals surface area (Å²) in [5.74, 6) is 1.20. The summed E-state index contributed by atoms with van der Waals surface area (Å²) in [6.07, 6.45) is 1.17. The Kier molecular flexibility index (Phi) is 3.89. The summed E-state index contributed by atoms with van der Waals surface area (Å²) in [6.45, 7) is 9.15. The van der Waals surface area contributed by atoms with Crippen molar-refractivity contribution in [1.82, 2.24) is 4.90 Å². The van der Waals surface area contributed by atoms with Crippen molar-refractivity contribution in [3.8, 4) is 0 Å². The van der Waals surface area contributed by atoms with Crippen molar-refractivity contribution in [3.63, 3.8) is 0 Å². The number of anilines is 1. The average molecular weight is 287 g/mol. The van der Waals surface area contributed by atoms with Crippen LogP contribution in [0.4, 0.5) is 11.4 Å². The maximum absolute atomic E-state index is 5.46. The molecule has 0 aliphatic carbocycles. The SMILES string of the molecule is CN1CCC(C)(C)C1=Nc1ccccc1N1CCOCC1. The predicted octanol–water partition coefficient (Wildman–Crippen LogP) is 2.91. The fourth-order valence-electron chi connectivity index (χ4n) is 3.16. The van der Waals surface area contributed by atoms with Gasteiger partial charge in [0.25, 0.3) is 0 Å². The van der Waals surface area contributed by atoms with Crippen LogP contribution < -0.4 is 4.90 Å². The molecule has 21 heavy (non-hydrogen) atoms. The molecule has 0 spiro atoms. The summed E-state index contributed by atoms with van der Waals surface area (Å²) in [7, 11) is 2.14. The van der Waals surface area contributed by atoms with Gasteiger partial charge in [0, 0.05) is 32.1 Å². The quantitative estimate of drug-likeness (QED) is 0.837. The first-order valence-electron chi connectivity index (χ1n) is 7.80. The number of amidine groups is 1. The highest BCUT2D eigenvalue weighted by atomic mass is 16.5. The zero-order valence-electron chi connectivity index (χ0n) is 13.3. The Balaban J connectivity index is 1.95. The van der Waals surface area contributed by atoms with E-state index < -0.39 is 0 Å². The molecule has 0 N–H and O–H groups in total. The maximum atomic E-state index is 5.46. The smallest absolute Gasteiger partial charge is 0.110 e. The molecule has 0 aromatic heterocycles. The van der Waals surface area contributed by atoms with Crippen molar-refractivity contribution in [2.75, 3.05) is 44.8 Å². The third-order valence-corrected chi connectivity index (χ3v) is 4.50. The molecule has 4 nitrogen and oxygen atoms in total. The summed E-state index contributed by atoms with van der Waals surface area (Å²) < 4.78 is 5.46. The van der Waals surface area contributed by atoms with E-state index in [0.29, 0.717) is 0 Å². The van der Waals surface area contributed by atoms with Crippen LogP contribution in [0.3, 0.4) is 0 Å². The average Bonchev–Trinajstić information content (AvgIpc) is 2.76. The molecule has 0 unspecified atom stereocenters. The molecule has 0 radical (unpaired) electrons. The molecule has 2 fully saturated rings. The van der Waals surface area contributed by atoms with E-state index in [2.05, 4.69) is 55.0 Å². The second-order valence-corrected chi connectivity index (χ2v) is 6.58. The van der Waals surface area contributed by atoms with Gasteiger partial charge in [0.05, 0.1) is 24.6 Å². The van der Waals surface area contributed by atoms with Crippen molar-refractivity contribution < 1.29 is 4.74 Å². The molecular formula is C17H25N3O. The highest BCUT2D eigenvalue weighted by Crippen LogP contribution is 2.35. The van der Waals surface area contributed by atoms with E-state index in [4.69, 9.17) is 9.73 Å². The molecule has 0 atom stereocenters. The molecule has 0 amide bonds. The molecule has 2 heterocycles. The van der Waals surface area contributed by atoms with Crippen LogP contribution >= 0.6 is 0 Å². The number of rotatable bonds is 2. The van der Waals surface area contributed by atoms with Crippen LogP contribution in [0.25, 0.3) is 0 Å². The number of benzene rings is 1. The van der Waals surface area contributed by atoms with E-state index in [9.17, 15) is 0 Å². The van der Waals surface area contributed by atoms with Crippen molar-refractivity contribution in [3.05, 3.63) is 24.3 Å². The molecule has 114 valence electrons. The molecule has 4 heteroatoms. The fraction of sp³-hybridized carbons (Fsp3) is 0.588. The van der Waals surface area contributed by atoms with Crippen LogP contribution in [0.5, 0.6) is 0 Å². The van der Waals surface area contributed by atoms with Crippen molar-refractivity contribution in [2.45, 2.75) is 20.3 Å². The fourth-order valence-corrected chi connectivity index (χ4v) is 3.16. The van der Waals surface area contributed by atoms with Crippen LogP contribution in [-0.4, -0.2) is 50.6 Å². The molecular weight excluding hydrogens is 262 g/mol. The summed E-state index contributed by atoms with van der Waals surface area (Å²) in [5, 5.41) is 0. The van der Waals surface area contributed by atoms with E-state index in [1.54, 1.807) is 0 Å². The normalized spacial score (nSPS) is 23.9. The van der Waals surface area contributed by atoms with Gasteiger partial charge in [0.1, 0.15) is 5.84 Å². The van der Waals surface area contributed by atoms with E-state index in [1.807, 2.05) is 0 Å². The van der Waals surface area contributed by atoms with Crippen LogP contribution in [-0.2, 0) is 4.74 Å². The van der Waals surface area contributed by atoms with E-state index >= 15 is 0 Å². The largest absolute Gasteiger partial charge is 0.378 e. The van der Waals surface area contributed by atoms with Gasteiger partial charge in [-0.25, -0.2) is 4.99 Å². The Labute approximate surface area is 127 Å². The van der Waals surface area contributed by atoms with Gasteiger partial charge in [-0.3, -0.25) is 0 Å². The van der Waals surface area contributed by atoms with E-state index in [0.717, 1.165) is 38.5 Å². The molecule has 0 saturated carbocycles. The van der Waals surface area contributed by atoms with Crippen molar-refractivity contribution >= 4 is 17.2 Å². The van der Waals surface area contributed by atoms with Gasteiger partial charge in [-0.2, -0.15) is 0 Å². The van der Waals surface area contributed by atoms with Crippen molar-refractivity contribution in [1.29, 1.82) is 0 Å². The van der Waals surface area contributed by atoms with Crippen LogP contribution in [0.1, 0.15) is 20.3 Å². The number of aliphatic imine (C=N–C) groups is 1. The minimum absolute atomic E-state index is 0.160. The van der Waals surface area contributed by atoms with Gasteiger partial charge in [-0.05, 0) is 18.6 Å². The minimum Gasteiger partial charge on any atom is -0.378 e. The lowest BCUT2D eigenvalue weighted by molar-refractivity contribution is 0.123. The molecule has 2 aliphatic rings. The lowest BCUT2D eigenvalue weighted by Gasteiger charge is -2.30. The van der Waals surface area contributed by atoms with Gasteiger partial charge in [0.2, 0.25) is 0 Å². The number of likely N-dealkylation sites (tertiary alicyclic amines) is 1. The predicted molar refractivity (Wildman–Crippen MR) is 87.6 cm³/mol. The monoisotopic (exact) mass is 287 g/mol. The first kappa shape index (κ1) is 14.4. The molecule has 0 bridgehead atoms. The minimum atomic E-state index is 0.160. The summed E-state index contributed by atoms with van der Waals surface area (Å²) in [6, 6.07) is 8.47. The topological polar surface area (TPSA) is 28.1 Å². The Hall–Kier alpha value is -1.55. The van der Waals surface area contributed by atoms with Crippen molar-refractivity contribution in [2.24, 2.45) is 10.4 Å². The lowest BCUT2D eigenvalue weighted by Crippen LogP contribution is -2.36. The van der Waals surface area contributed by atoms with Gasteiger partial charge in [0.15, 0.2) is 0 Å². The van der Waals surface area contributed by atoms with Gasteiger partial charge < -0.3 is 14.5 Å². The zero-order valence-corrected chi connectivity index (χ0v) is 13.3. The van der Waals surface area contributed by atoms with Gasteiger partial charge >= 0.3 is 0 Å². The summed E-state index contributed by atoms with van der Waals surface area (Å²) >= 11 is 0.